The van der Waals surface area contributed by atoms with Crippen molar-refractivity contribution in [1.82, 2.24) is 25.5 Å². The number of aromatic amines is 1. The van der Waals surface area contributed by atoms with E-state index >= 15 is 0 Å². The minimum Gasteiger partial charge on any atom is -0.396 e. The molecule has 1 amide bonds. The zero-order chi connectivity index (χ0) is 16.9. The highest BCUT2D eigenvalue weighted by molar-refractivity contribution is 5.90. The number of aliphatic hydroxyl groups is 1. The molecule has 8 nitrogen and oxygen atoms in total. The van der Waals surface area contributed by atoms with Crippen LogP contribution in [0.1, 0.15) is 23.9 Å². The van der Waals surface area contributed by atoms with E-state index in [0.29, 0.717) is 12.1 Å². The molecule has 2 heterocycles. The Morgan fingerprint density at radius 3 is 3.00 bits per heavy atom. The molecule has 3 rings (SSSR count). The molecule has 0 aliphatic heterocycles. The second-order valence-corrected chi connectivity index (χ2v) is 5.27. The summed E-state index contributed by atoms with van der Waals surface area (Å²) in [6.45, 7) is -0.00200. The van der Waals surface area contributed by atoms with E-state index < -0.39 is 5.91 Å². The number of aliphatic hydroxyl groups excluding tert-OH is 1. The van der Waals surface area contributed by atoms with Crippen molar-refractivity contribution < 1.29 is 15.1 Å². The summed E-state index contributed by atoms with van der Waals surface area (Å²) in [4.78, 5) is 14.3. The van der Waals surface area contributed by atoms with Crippen LogP contribution >= 0.6 is 0 Å². The first-order valence-electron chi connectivity index (χ1n) is 7.43. The number of para-hydroxylation sites is 1. The van der Waals surface area contributed by atoms with Gasteiger partial charge in [-0.25, -0.2) is 10.2 Å². The first kappa shape index (κ1) is 15.9. The van der Waals surface area contributed by atoms with Crippen LogP contribution in [0.15, 0.2) is 42.6 Å². The molecule has 2 aromatic heterocycles. The van der Waals surface area contributed by atoms with E-state index in [4.69, 9.17) is 5.21 Å². The summed E-state index contributed by atoms with van der Waals surface area (Å²) in [7, 11) is 0. The summed E-state index contributed by atoms with van der Waals surface area (Å²) in [5.41, 5.74) is 3.90. The van der Waals surface area contributed by atoms with Crippen molar-refractivity contribution in [2.24, 2.45) is 0 Å². The van der Waals surface area contributed by atoms with Gasteiger partial charge in [0.1, 0.15) is 5.69 Å². The molecule has 4 N–H and O–H groups in total. The number of aromatic nitrogens is 4. The Hall–Kier alpha value is -2.97. The van der Waals surface area contributed by atoms with Gasteiger partial charge in [0.15, 0.2) is 0 Å². The summed E-state index contributed by atoms with van der Waals surface area (Å²) in [6.07, 6.45) is 4.73. The Kier molecular flexibility index (Phi) is 4.69. The van der Waals surface area contributed by atoms with Gasteiger partial charge in [0, 0.05) is 23.9 Å². The number of fused-ring (bicyclic) bond motifs is 1. The third kappa shape index (κ3) is 3.34. The van der Waals surface area contributed by atoms with Gasteiger partial charge in [0.05, 0.1) is 12.2 Å². The number of carbonyl (C=O) groups is 1. The van der Waals surface area contributed by atoms with Crippen molar-refractivity contribution in [3.63, 3.8) is 0 Å². The van der Waals surface area contributed by atoms with E-state index in [9.17, 15) is 9.90 Å². The van der Waals surface area contributed by atoms with Gasteiger partial charge in [-0.05, 0) is 30.0 Å². The zero-order valence-electron chi connectivity index (χ0n) is 12.8. The van der Waals surface area contributed by atoms with Gasteiger partial charge in [-0.3, -0.25) is 10.0 Å². The summed E-state index contributed by atoms with van der Waals surface area (Å²) >= 11 is 0. The summed E-state index contributed by atoms with van der Waals surface area (Å²) in [5.74, 6) is -0.646. The van der Waals surface area contributed by atoms with Crippen molar-refractivity contribution in [2.75, 3.05) is 6.61 Å². The zero-order valence-corrected chi connectivity index (χ0v) is 12.8. The minimum absolute atomic E-state index is 0.00200. The van der Waals surface area contributed by atoms with Crippen molar-refractivity contribution in [1.29, 1.82) is 0 Å². The fourth-order valence-electron chi connectivity index (χ4n) is 2.55. The second-order valence-electron chi connectivity index (χ2n) is 5.27. The summed E-state index contributed by atoms with van der Waals surface area (Å²) in [5, 5.41) is 27.0. The summed E-state index contributed by atoms with van der Waals surface area (Å²) < 4.78 is 1.64. The lowest BCUT2D eigenvalue weighted by molar-refractivity contribution is -0.124. The molecule has 124 valence electrons. The van der Waals surface area contributed by atoms with Crippen LogP contribution in [-0.2, 0) is 4.79 Å². The summed E-state index contributed by atoms with van der Waals surface area (Å²) in [6, 6.07) is 9.72. The highest BCUT2D eigenvalue weighted by Crippen LogP contribution is 2.25. The molecule has 0 aliphatic carbocycles. The van der Waals surface area contributed by atoms with Crippen molar-refractivity contribution >= 4 is 22.9 Å². The topological polar surface area (TPSA) is 116 Å². The van der Waals surface area contributed by atoms with Crippen molar-refractivity contribution in [3.05, 3.63) is 54.0 Å². The monoisotopic (exact) mass is 327 g/mol. The number of nitrogens with zero attached hydrogens (tertiary/aromatic N) is 3. The molecule has 0 saturated heterocycles. The normalized spacial score (nSPS) is 12.8. The first-order valence-corrected chi connectivity index (χ1v) is 7.43. The quantitative estimate of drug-likeness (QED) is 0.309. The van der Waals surface area contributed by atoms with E-state index in [1.807, 2.05) is 30.3 Å². The fourth-order valence-corrected chi connectivity index (χ4v) is 2.55. The number of benzene rings is 1. The molecule has 24 heavy (non-hydrogen) atoms. The van der Waals surface area contributed by atoms with Crippen LogP contribution in [-0.4, -0.2) is 42.8 Å². The van der Waals surface area contributed by atoms with E-state index in [0.717, 1.165) is 22.7 Å². The number of hydrogen-bond acceptors (Lipinski definition) is 5. The molecule has 1 aromatic carbocycles. The SMILES string of the molecule is O=C(C=Cc1cn(C(CCO)c2cc3ccccc3[nH]2)nn1)NO. The molecule has 0 fully saturated rings. The third-order valence-corrected chi connectivity index (χ3v) is 3.68. The Morgan fingerprint density at radius 1 is 1.42 bits per heavy atom. The minimum atomic E-state index is -0.646. The average molecular weight is 327 g/mol. The molecule has 0 bridgehead atoms. The maximum absolute atomic E-state index is 11.0. The van der Waals surface area contributed by atoms with E-state index in [1.165, 1.54) is 11.6 Å². The molecule has 0 spiro atoms. The van der Waals surface area contributed by atoms with E-state index in [-0.39, 0.29) is 12.6 Å². The molecule has 8 heteroatoms. The molecule has 1 unspecified atom stereocenters. The molecule has 0 saturated carbocycles. The number of H-pyrrole nitrogens is 1. The molecular formula is C16H17N5O3. The number of carbonyl (C=O) groups excluding carboxylic acids is 1. The molecule has 0 radical (unpaired) electrons. The van der Waals surface area contributed by atoms with E-state index in [1.54, 1.807) is 10.9 Å². The molecule has 1 atom stereocenters. The maximum atomic E-state index is 11.0. The Labute approximate surface area is 137 Å². The Morgan fingerprint density at radius 2 is 2.25 bits per heavy atom. The van der Waals surface area contributed by atoms with Crippen LogP contribution in [0.3, 0.4) is 0 Å². The fraction of sp³-hybridized carbons (Fsp3) is 0.188. The lowest BCUT2D eigenvalue weighted by Gasteiger charge is -2.14. The van der Waals surface area contributed by atoms with Crippen LogP contribution in [0.25, 0.3) is 17.0 Å². The lowest BCUT2D eigenvalue weighted by Crippen LogP contribution is -2.14. The highest BCUT2D eigenvalue weighted by Gasteiger charge is 2.17. The van der Waals surface area contributed by atoms with Crippen LogP contribution in [0.5, 0.6) is 0 Å². The van der Waals surface area contributed by atoms with Gasteiger partial charge >= 0.3 is 0 Å². The number of hydroxylamine groups is 1. The molecule has 3 aromatic rings. The number of hydrogen-bond donors (Lipinski definition) is 4. The number of nitrogens with one attached hydrogen (secondary N) is 2. The van der Waals surface area contributed by atoms with Crippen LogP contribution < -0.4 is 5.48 Å². The van der Waals surface area contributed by atoms with Gasteiger partial charge in [-0.1, -0.05) is 23.4 Å². The van der Waals surface area contributed by atoms with Crippen LogP contribution in [0.2, 0.25) is 0 Å². The number of amides is 1. The van der Waals surface area contributed by atoms with Gasteiger partial charge in [-0.2, -0.15) is 0 Å². The van der Waals surface area contributed by atoms with Crippen molar-refractivity contribution in [3.8, 4) is 0 Å². The van der Waals surface area contributed by atoms with Gasteiger partial charge < -0.3 is 10.1 Å². The predicted octanol–water partition coefficient (Wildman–Crippen LogP) is 1.25. The first-order chi connectivity index (χ1) is 11.7. The molecule has 0 aliphatic rings. The Bertz CT molecular complexity index is 834. The lowest BCUT2D eigenvalue weighted by atomic mass is 10.1. The van der Waals surface area contributed by atoms with Crippen molar-refractivity contribution in [2.45, 2.75) is 12.5 Å². The second kappa shape index (κ2) is 7.07. The average Bonchev–Trinajstić information content (AvgIpc) is 3.24. The van der Waals surface area contributed by atoms with Crippen LogP contribution in [0.4, 0.5) is 0 Å². The van der Waals surface area contributed by atoms with Gasteiger partial charge in [0.2, 0.25) is 0 Å². The smallest absolute Gasteiger partial charge is 0.267 e. The van der Waals surface area contributed by atoms with Gasteiger partial charge in [-0.15, -0.1) is 5.10 Å². The highest BCUT2D eigenvalue weighted by atomic mass is 16.5. The Balaban J connectivity index is 1.89. The molecular weight excluding hydrogens is 310 g/mol. The van der Waals surface area contributed by atoms with Crippen LogP contribution in [0, 0.1) is 0 Å². The maximum Gasteiger partial charge on any atom is 0.267 e. The predicted molar refractivity (Wildman–Crippen MR) is 87.1 cm³/mol. The van der Waals surface area contributed by atoms with Gasteiger partial charge in [0.25, 0.3) is 5.91 Å². The number of rotatable bonds is 6. The third-order valence-electron chi connectivity index (χ3n) is 3.68. The largest absolute Gasteiger partial charge is 0.396 e. The standard InChI is InChI=1S/C16H17N5O3/c22-8-7-15(14-9-11-3-1-2-4-13(11)17-14)21-10-12(18-20-21)5-6-16(23)19-24/h1-6,9-10,15,17,22,24H,7-8H2,(H,19,23). The van der Waals surface area contributed by atoms with E-state index in [2.05, 4.69) is 15.3 Å².